The van der Waals surface area contributed by atoms with E-state index in [2.05, 4.69) is 31.8 Å². The average Bonchev–Trinajstić information content (AvgIpc) is 2.77. The largest absolute Gasteiger partial charge is 0.490 e. The minimum Gasteiger partial charge on any atom is -0.490 e. The monoisotopic (exact) mass is 501 g/mol. The number of carbonyl (C=O) groups is 1. The van der Waals surface area contributed by atoms with Crippen LogP contribution in [0.25, 0.3) is 0 Å². The summed E-state index contributed by atoms with van der Waals surface area (Å²) >= 11 is 9.36. The number of urea groups is 1. The second-order valence-electron chi connectivity index (χ2n) is 6.36. The second-order valence-corrected chi connectivity index (χ2v) is 7.65. The van der Waals surface area contributed by atoms with Crippen LogP contribution < -0.4 is 20.2 Å². The topological polar surface area (TPSA) is 72.0 Å². The summed E-state index contributed by atoms with van der Waals surface area (Å²) in [5.74, 6) is 1.21. The number of nitrogens with zero attached hydrogens (tertiary/aromatic N) is 1. The molecule has 2 amide bonds. The standard InChI is InChI=1S/C23H21BrClN3O3/c1-2-30-21-12-17(14-26-28-23(29)27-19-10-8-18(25)9-11-19)20(24)13-22(21)31-15-16-6-4-3-5-7-16/h3-14H,2,15H2,1H3,(H2,27,28,29)/b26-14-. The Balaban J connectivity index is 1.65. The lowest BCUT2D eigenvalue weighted by atomic mass is 10.2. The molecule has 0 radical (unpaired) electrons. The zero-order chi connectivity index (χ0) is 22.1. The summed E-state index contributed by atoms with van der Waals surface area (Å²) in [5.41, 5.74) is 4.82. The summed E-state index contributed by atoms with van der Waals surface area (Å²) in [7, 11) is 0. The van der Waals surface area contributed by atoms with Gasteiger partial charge in [0.2, 0.25) is 0 Å². The van der Waals surface area contributed by atoms with Crippen LogP contribution in [0.3, 0.4) is 0 Å². The molecular weight excluding hydrogens is 482 g/mol. The minimum absolute atomic E-state index is 0.424. The Morgan fingerprint density at radius 1 is 1.06 bits per heavy atom. The van der Waals surface area contributed by atoms with Crippen LogP contribution in [0.15, 0.2) is 76.3 Å². The molecule has 0 saturated carbocycles. The summed E-state index contributed by atoms with van der Waals surface area (Å²) in [4.78, 5) is 12.0. The lowest BCUT2D eigenvalue weighted by Gasteiger charge is -2.14. The van der Waals surface area contributed by atoms with Crippen molar-refractivity contribution in [3.63, 3.8) is 0 Å². The molecule has 0 atom stereocenters. The van der Waals surface area contributed by atoms with Crippen molar-refractivity contribution in [2.24, 2.45) is 5.10 Å². The maximum Gasteiger partial charge on any atom is 0.339 e. The number of anilines is 1. The Bertz CT molecular complexity index is 1040. The molecule has 0 aliphatic rings. The lowest BCUT2D eigenvalue weighted by Crippen LogP contribution is -2.24. The van der Waals surface area contributed by atoms with E-state index in [1.54, 1.807) is 30.3 Å². The van der Waals surface area contributed by atoms with E-state index in [0.717, 1.165) is 15.6 Å². The van der Waals surface area contributed by atoms with Gasteiger partial charge in [0, 0.05) is 20.7 Å². The maximum atomic E-state index is 12.0. The van der Waals surface area contributed by atoms with Crippen LogP contribution in [0.5, 0.6) is 11.5 Å². The van der Waals surface area contributed by atoms with Crippen LogP contribution in [0.1, 0.15) is 18.1 Å². The molecule has 0 fully saturated rings. The zero-order valence-electron chi connectivity index (χ0n) is 16.8. The molecule has 0 aliphatic carbocycles. The number of hydrogen-bond donors (Lipinski definition) is 2. The van der Waals surface area contributed by atoms with Crippen molar-refractivity contribution in [1.82, 2.24) is 5.43 Å². The number of nitrogens with one attached hydrogen (secondary N) is 2. The number of rotatable bonds is 8. The van der Waals surface area contributed by atoms with E-state index in [0.29, 0.717) is 35.4 Å². The summed E-state index contributed by atoms with van der Waals surface area (Å²) in [6.45, 7) is 2.81. The Labute approximate surface area is 194 Å². The van der Waals surface area contributed by atoms with Crippen LogP contribution in [0.4, 0.5) is 10.5 Å². The molecule has 0 spiro atoms. The zero-order valence-corrected chi connectivity index (χ0v) is 19.1. The quantitative estimate of drug-likeness (QED) is 0.283. The van der Waals surface area contributed by atoms with Crippen molar-refractivity contribution in [3.05, 3.63) is 87.4 Å². The summed E-state index contributed by atoms with van der Waals surface area (Å²) in [5, 5.41) is 7.26. The molecule has 3 rings (SSSR count). The lowest BCUT2D eigenvalue weighted by molar-refractivity contribution is 0.252. The van der Waals surface area contributed by atoms with Crippen LogP contribution in [0, 0.1) is 0 Å². The van der Waals surface area contributed by atoms with E-state index >= 15 is 0 Å². The number of amides is 2. The van der Waals surface area contributed by atoms with Crippen molar-refractivity contribution in [1.29, 1.82) is 0 Å². The third kappa shape index (κ3) is 7.01. The van der Waals surface area contributed by atoms with Gasteiger partial charge >= 0.3 is 6.03 Å². The van der Waals surface area contributed by atoms with Crippen molar-refractivity contribution >= 4 is 45.5 Å². The molecule has 3 aromatic rings. The highest BCUT2D eigenvalue weighted by Gasteiger charge is 2.11. The van der Waals surface area contributed by atoms with E-state index in [4.69, 9.17) is 21.1 Å². The molecule has 3 aromatic carbocycles. The van der Waals surface area contributed by atoms with E-state index in [-0.39, 0.29) is 0 Å². The van der Waals surface area contributed by atoms with E-state index in [1.165, 1.54) is 6.21 Å². The van der Waals surface area contributed by atoms with Gasteiger partial charge in [-0.15, -0.1) is 0 Å². The molecular formula is C23H21BrClN3O3. The number of ether oxygens (including phenoxy) is 2. The Morgan fingerprint density at radius 2 is 1.77 bits per heavy atom. The SMILES string of the molecule is CCOc1cc(/C=N\NC(=O)Nc2ccc(Cl)cc2)c(Br)cc1OCc1ccccc1. The van der Waals surface area contributed by atoms with Crippen LogP contribution in [-0.2, 0) is 6.61 Å². The van der Waals surface area contributed by atoms with Gasteiger partial charge in [-0.1, -0.05) is 41.9 Å². The Kier molecular flexibility index (Phi) is 8.32. The van der Waals surface area contributed by atoms with Crippen molar-refractivity contribution in [2.45, 2.75) is 13.5 Å². The first kappa shape index (κ1) is 22.7. The fourth-order valence-corrected chi connectivity index (χ4v) is 3.17. The number of benzene rings is 3. The van der Waals surface area contributed by atoms with Crippen LogP contribution >= 0.6 is 27.5 Å². The molecule has 0 heterocycles. The van der Waals surface area contributed by atoms with Crippen LogP contribution in [0.2, 0.25) is 5.02 Å². The summed E-state index contributed by atoms with van der Waals surface area (Å²) in [6, 6.07) is 19.8. The molecule has 0 aromatic heterocycles. The van der Waals surface area contributed by atoms with Crippen molar-refractivity contribution < 1.29 is 14.3 Å². The van der Waals surface area contributed by atoms with Gasteiger partial charge in [0.1, 0.15) is 6.61 Å². The number of hydrazone groups is 1. The highest BCUT2D eigenvalue weighted by atomic mass is 79.9. The van der Waals surface area contributed by atoms with Crippen LogP contribution in [-0.4, -0.2) is 18.9 Å². The van der Waals surface area contributed by atoms with Gasteiger partial charge in [-0.25, -0.2) is 10.2 Å². The average molecular weight is 503 g/mol. The summed E-state index contributed by atoms with van der Waals surface area (Å²) in [6.07, 6.45) is 1.52. The molecule has 0 unspecified atom stereocenters. The molecule has 160 valence electrons. The highest BCUT2D eigenvalue weighted by molar-refractivity contribution is 9.10. The first-order valence-corrected chi connectivity index (χ1v) is 10.7. The third-order valence-corrected chi connectivity index (χ3v) is 5.01. The molecule has 0 saturated heterocycles. The predicted molar refractivity (Wildman–Crippen MR) is 127 cm³/mol. The van der Waals surface area contributed by atoms with E-state index < -0.39 is 6.03 Å². The Hall–Kier alpha value is -3.03. The molecule has 8 heteroatoms. The van der Waals surface area contributed by atoms with E-state index in [1.807, 2.05) is 43.3 Å². The predicted octanol–water partition coefficient (Wildman–Crippen LogP) is 6.24. The number of halogens is 2. The maximum absolute atomic E-state index is 12.0. The Morgan fingerprint density at radius 3 is 2.48 bits per heavy atom. The fourth-order valence-electron chi connectivity index (χ4n) is 2.62. The summed E-state index contributed by atoms with van der Waals surface area (Å²) < 4.78 is 12.4. The molecule has 2 N–H and O–H groups in total. The number of hydrogen-bond acceptors (Lipinski definition) is 4. The van der Waals surface area contributed by atoms with E-state index in [9.17, 15) is 4.79 Å². The third-order valence-electron chi connectivity index (χ3n) is 4.07. The minimum atomic E-state index is -0.470. The molecule has 0 bridgehead atoms. The molecule has 31 heavy (non-hydrogen) atoms. The second kappa shape index (κ2) is 11.4. The first-order valence-electron chi connectivity index (χ1n) is 9.54. The van der Waals surface area contributed by atoms with Gasteiger partial charge in [0.05, 0.1) is 12.8 Å². The molecule has 0 aliphatic heterocycles. The van der Waals surface area contributed by atoms with Gasteiger partial charge in [-0.3, -0.25) is 0 Å². The smallest absolute Gasteiger partial charge is 0.339 e. The molecule has 6 nitrogen and oxygen atoms in total. The van der Waals surface area contributed by atoms with Gasteiger partial charge in [0.25, 0.3) is 0 Å². The normalized spacial score (nSPS) is 10.7. The van der Waals surface area contributed by atoms with Gasteiger partial charge in [-0.2, -0.15) is 5.10 Å². The van der Waals surface area contributed by atoms with Gasteiger partial charge < -0.3 is 14.8 Å². The van der Waals surface area contributed by atoms with Crippen molar-refractivity contribution in [2.75, 3.05) is 11.9 Å². The fraction of sp³-hybridized carbons (Fsp3) is 0.130. The first-order chi connectivity index (χ1) is 15.0. The van der Waals surface area contributed by atoms with Crippen molar-refractivity contribution in [3.8, 4) is 11.5 Å². The number of carbonyl (C=O) groups excluding carboxylic acids is 1. The van der Waals surface area contributed by atoms with Gasteiger partial charge in [-0.05, 0) is 64.8 Å². The van der Waals surface area contributed by atoms with Gasteiger partial charge in [0.15, 0.2) is 11.5 Å². The highest BCUT2D eigenvalue weighted by Crippen LogP contribution is 2.33.